The quantitative estimate of drug-likeness (QED) is 0.778. The van der Waals surface area contributed by atoms with E-state index in [-0.39, 0.29) is 22.5 Å². The molecular formula is C17H26O3. The third kappa shape index (κ3) is 2.02. The molecule has 2 aliphatic rings. The Kier molecular flexibility index (Phi) is 3.83. The van der Waals surface area contributed by atoms with Crippen molar-refractivity contribution in [1.29, 1.82) is 0 Å². The predicted octanol–water partition coefficient (Wildman–Crippen LogP) is 3.83. The second-order valence-corrected chi connectivity index (χ2v) is 7.18. The number of aliphatic carboxylic acids is 1. The number of fused-ring (bicyclic) bond motifs is 2. The minimum atomic E-state index is -0.801. The van der Waals surface area contributed by atoms with E-state index in [0.29, 0.717) is 6.42 Å². The first-order chi connectivity index (χ1) is 9.25. The molecule has 3 nitrogen and oxygen atoms in total. The van der Waals surface area contributed by atoms with Crippen LogP contribution in [0.3, 0.4) is 0 Å². The minimum absolute atomic E-state index is 0.0380. The Bertz CT molecular complexity index is 461. The van der Waals surface area contributed by atoms with Crippen molar-refractivity contribution in [2.45, 2.75) is 59.8 Å². The Balaban J connectivity index is 2.31. The number of Topliss-reactive ketones (excluding diaryl/α,β-unsaturated/α-hetero) is 1. The van der Waals surface area contributed by atoms with E-state index >= 15 is 0 Å². The highest BCUT2D eigenvalue weighted by Gasteiger charge is 2.63. The van der Waals surface area contributed by atoms with E-state index in [2.05, 4.69) is 27.7 Å². The molecule has 3 atom stereocenters. The third-order valence-electron chi connectivity index (χ3n) is 5.93. The summed E-state index contributed by atoms with van der Waals surface area (Å²) in [5.41, 5.74) is 0.466. The highest BCUT2D eigenvalue weighted by Crippen LogP contribution is 2.65. The molecule has 0 saturated heterocycles. The van der Waals surface area contributed by atoms with E-state index in [0.717, 1.165) is 31.3 Å². The molecule has 0 amide bonds. The van der Waals surface area contributed by atoms with E-state index < -0.39 is 11.9 Å². The van der Waals surface area contributed by atoms with E-state index in [1.54, 1.807) is 6.08 Å². The van der Waals surface area contributed by atoms with Crippen molar-refractivity contribution in [2.24, 2.45) is 22.7 Å². The molecular weight excluding hydrogens is 252 g/mol. The summed E-state index contributed by atoms with van der Waals surface area (Å²) < 4.78 is 0. The van der Waals surface area contributed by atoms with Gasteiger partial charge in [0.2, 0.25) is 0 Å². The molecule has 1 N–H and O–H groups in total. The second-order valence-electron chi connectivity index (χ2n) is 7.18. The van der Waals surface area contributed by atoms with Gasteiger partial charge in [-0.1, -0.05) is 46.6 Å². The van der Waals surface area contributed by atoms with Crippen molar-refractivity contribution in [1.82, 2.24) is 0 Å². The number of hydrogen-bond acceptors (Lipinski definition) is 2. The molecule has 0 unspecified atom stereocenters. The lowest BCUT2D eigenvalue weighted by Crippen LogP contribution is -2.32. The Morgan fingerprint density at radius 1 is 1.45 bits per heavy atom. The lowest BCUT2D eigenvalue weighted by atomic mass is 9.70. The van der Waals surface area contributed by atoms with Gasteiger partial charge in [-0.05, 0) is 36.2 Å². The molecule has 2 rings (SSSR count). The zero-order chi connectivity index (χ0) is 15.1. The van der Waals surface area contributed by atoms with Crippen LogP contribution < -0.4 is 0 Å². The molecule has 0 aromatic rings. The SMILES string of the molecule is CCCC[C@H](/C=C1\C(=O)[C@@]2(C)CC[C@H]1C2(C)C)C(=O)O. The molecule has 0 aromatic carbocycles. The monoisotopic (exact) mass is 278 g/mol. The number of carboxylic acid groups (broad SMARTS) is 1. The summed E-state index contributed by atoms with van der Waals surface area (Å²) in [4.78, 5) is 24.1. The molecule has 2 saturated carbocycles. The fourth-order valence-corrected chi connectivity index (χ4v) is 4.04. The lowest BCUT2D eigenvalue weighted by molar-refractivity contribution is -0.140. The molecule has 3 heteroatoms. The third-order valence-corrected chi connectivity index (χ3v) is 5.93. The largest absolute Gasteiger partial charge is 0.481 e. The molecule has 0 spiro atoms. The van der Waals surface area contributed by atoms with Crippen molar-refractivity contribution < 1.29 is 14.7 Å². The van der Waals surface area contributed by atoms with Gasteiger partial charge in [-0.25, -0.2) is 0 Å². The molecule has 112 valence electrons. The van der Waals surface area contributed by atoms with Gasteiger partial charge in [-0.15, -0.1) is 0 Å². The van der Waals surface area contributed by atoms with Crippen LogP contribution in [0.1, 0.15) is 59.8 Å². The van der Waals surface area contributed by atoms with Crippen LogP contribution in [0.15, 0.2) is 11.6 Å². The molecule has 2 bridgehead atoms. The van der Waals surface area contributed by atoms with Gasteiger partial charge in [0.1, 0.15) is 0 Å². The Labute approximate surface area is 121 Å². The summed E-state index contributed by atoms with van der Waals surface area (Å²) in [6, 6.07) is 0. The number of ketones is 1. The zero-order valence-electron chi connectivity index (χ0n) is 13.0. The van der Waals surface area contributed by atoms with E-state index in [4.69, 9.17) is 0 Å². The molecule has 0 heterocycles. The van der Waals surface area contributed by atoms with Gasteiger partial charge in [-0.2, -0.15) is 0 Å². The van der Waals surface area contributed by atoms with Gasteiger partial charge in [0, 0.05) is 5.41 Å². The van der Waals surface area contributed by atoms with Crippen LogP contribution >= 0.6 is 0 Å². The highest BCUT2D eigenvalue weighted by atomic mass is 16.4. The van der Waals surface area contributed by atoms with Crippen LogP contribution in [0.2, 0.25) is 0 Å². The molecule has 0 aliphatic heterocycles. The summed E-state index contributed by atoms with van der Waals surface area (Å²) in [5.74, 6) is -0.873. The molecule has 0 radical (unpaired) electrons. The fourth-order valence-electron chi connectivity index (χ4n) is 4.04. The number of unbranched alkanes of at least 4 members (excludes halogenated alkanes) is 1. The van der Waals surface area contributed by atoms with Crippen LogP contribution in [-0.2, 0) is 9.59 Å². The van der Waals surface area contributed by atoms with Crippen LogP contribution in [0, 0.1) is 22.7 Å². The number of hydrogen-bond donors (Lipinski definition) is 1. The summed E-state index contributed by atoms with van der Waals surface area (Å²) in [7, 11) is 0. The standard InChI is InChI=1S/C17H26O3/c1-5-6-7-11(15(19)20)10-12-13-8-9-17(4,14(12)18)16(13,2)3/h10-11,13H,5-9H2,1-4H3,(H,19,20)/b12-10-/t11-,13-,17-/m1/s1. The smallest absolute Gasteiger partial charge is 0.310 e. The summed E-state index contributed by atoms with van der Waals surface area (Å²) >= 11 is 0. The van der Waals surface area contributed by atoms with E-state index in [9.17, 15) is 14.7 Å². The number of carboxylic acids is 1. The fraction of sp³-hybridized carbons (Fsp3) is 0.765. The van der Waals surface area contributed by atoms with Crippen molar-refractivity contribution in [3.8, 4) is 0 Å². The maximum atomic E-state index is 12.7. The summed E-state index contributed by atoms with van der Waals surface area (Å²) in [5, 5.41) is 9.36. The molecule has 2 fully saturated rings. The van der Waals surface area contributed by atoms with Gasteiger partial charge < -0.3 is 5.11 Å². The van der Waals surface area contributed by atoms with Gasteiger partial charge in [-0.3, -0.25) is 9.59 Å². The molecule has 0 aromatic heterocycles. The second kappa shape index (κ2) is 5.01. The Morgan fingerprint density at radius 3 is 2.55 bits per heavy atom. The average Bonchev–Trinajstić information content (AvgIpc) is 2.67. The lowest BCUT2D eigenvalue weighted by Gasteiger charge is -2.31. The first-order valence-electron chi connectivity index (χ1n) is 7.75. The summed E-state index contributed by atoms with van der Waals surface area (Å²) in [6.07, 6.45) is 6.23. The molecule has 20 heavy (non-hydrogen) atoms. The highest BCUT2D eigenvalue weighted by molar-refractivity contribution is 6.05. The number of carbonyl (C=O) groups excluding carboxylic acids is 1. The Morgan fingerprint density at radius 2 is 2.10 bits per heavy atom. The van der Waals surface area contributed by atoms with Gasteiger partial charge in [0.05, 0.1) is 5.92 Å². The van der Waals surface area contributed by atoms with Crippen molar-refractivity contribution >= 4 is 11.8 Å². The number of allylic oxidation sites excluding steroid dienone is 1. The van der Waals surface area contributed by atoms with E-state index in [1.165, 1.54) is 0 Å². The van der Waals surface area contributed by atoms with Crippen LogP contribution in [0.4, 0.5) is 0 Å². The predicted molar refractivity (Wildman–Crippen MR) is 78.4 cm³/mol. The van der Waals surface area contributed by atoms with Gasteiger partial charge >= 0.3 is 5.97 Å². The van der Waals surface area contributed by atoms with Gasteiger partial charge in [0.15, 0.2) is 5.78 Å². The van der Waals surface area contributed by atoms with Crippen molar-refractivity contribution in [2.75, 3.05) is 0 Å². The normalized spacial score (nSPS) is 34.7. The summed E-state index contributed by atoms with van der Waals surface area (Å²) in [6.45, 7) is 8.42. The zero-order valence-corrected chi connectivity index (χ0v) is 13.0. The number of rotatable bonds is 5. The van der Waals surface area contributed by atoms with Crippen LogP contribution in [0.5, 0.6) is 0 Å². The van der Waals surface area contributed by atoms with Crippen molar-refractivity contribution in [3.05, 3.63) is 11.6 Å². The van der Waals surface area contributed by atoms with Gasteiger partial charge in [0.25, 0.3) is 0 Å². The molecule has 2 aliphatic carbocycles. The van der Waals surface area contributed by atoms with Crippen LogP contribution in [-0.4, -0.2) is 16.9 Å². The van der Waals surface area contributed by atoms with Crippen LogP contribution in [0.25, 0.3) is 0 Å². The number of carbonyl (C=O) groups is 2. The maximum absolute atomic E-state index is 12.7. The minimum Gasteiger partial charge on any atom is -0.481 e. The van der Waals surface area contributed by atoms with E-state index in [1.807, 2.05) is 0 Å². The maximum Gasteiger partial charge on any atom is 0.310 e. The first-order valence-corrected chi connectivity index (χ1v) is 7.75. The topological polar surface area (TPSA) is 54.4 Å². The Hall–Kier alpha value is -1.12. The average molecular weight is 278 g/mol. The van der Waals surface area contributed by atoms with Crippen molar-refractivity contribution in [3.63, 3.8) is 0 Å². The first kappa shape index (κ1) is 15.3.